The fourth-order valence-electron chi connectivity index (χ4n) is 3.92. The van der Waals surface area contributed by atoms with Crippen LogP contribution in [0.5, 0.6) is 11.5 Å². The number of nitrogens with one attached hydrogen (secondary N) is 1. The summed E-state index contributed by atoms with van der Waals surface area (Å²) in [5.74, 6) is 0.930. The molecule has 0 unspecified atom stereocenters. The number of carbonyl (C=O) groups excluding carboxylic acids is 2. The van der Waals surface area contributed by atoms with Crippen LogP contribution in [-0.4, -0.2) is 42.1 Å². The third kappa shape index (κ3) is 4.54. The molecule has 6 nitrogen and oxygen atoms in total. The van der Waals surface area contributed by atoms with Crippen molar-refractivity contribution in [2.24, 2.45) is 0 Å². The zero-order chi connectivity index (χ0) is 21.8. The van der Waals surface area contributed by atoms with Crippen molar-refractivity contribution < 1.29 is 24.2 Å². The van der Waals surface area contributed by atoms with Gasteiger partial charge in [0.2, 0.25) is 0 Å². The lowest BCUT2D eigenvalue weighted by molar-refractivity contribution is -0.138. The van der Waals surface area contributed by atoms with Crippen molar-refractivity contribution in [1.29, 1.82) is 0 Å². The Kier molecular flexibility index (Phi) is 7.52. The van der Waals surface area contributed by atoms with Crippen LogP contribution in [0, 0.1) is 0 Å². The SMILES string of the molecule is CCSCCOC(=O)C1=C(C)NC2=C(C(=O)CCC2)[C@@H]1c1cc(Br)c(O)c(OC)c1. The maximum atomic E-state index is 13.1. The van der Waals surface area contributed by atoms with Gasteiger partial charge < -0.3 is 19.9 Å². The van der Waals surface area contributed by atoms with Gasteiger partial charge in [-0.25, -0.2) is 4.79 Å². The van der Waals surface area contributed by atoms with Gasteiger partial charge in [0.05, 0.1) is 17.2 Å². The van der Waals surface area contributed by atoms with Gasteiger partial charge in [-0.1, -0.05) is 6.92 Å². The molecule has 0 radical (unpaired) electrons. The number of methoxy groups -OCH3 is 1. The fourth-order valence-corrected chi connectivity index (χ4v) is 4.87. The molecule has 30 heavy (non-hydrogen) atoms. The Balaban J connectivity index is 2.08. The molecule has 0 fully saturated rings. The number of thioether (sulfide) groups is 1. The number of hydrogen-bond donors (Lipinski definition) is 2. The fraction of sp³-hybridized carbons (Fsp3) is 0.455. The molecule has 1 heterocycles. The van der Waals surface area contributed by atoms with Gasteiger partial charge in [-0.15, -0.1) is 0 Å². The summed E-state index contributed by atoms with van der Waals surface area (Å²) in [5.41, 5.74) is 3.25. The quantitative estimate of drug-likeness (QED) is 0.427. The van der Waals surface area contributed by atoms with Gasteiger partial charge in [0, 0.05) is 35.1 Å². The number of dihydropyridines is 1. The van der Waals surface area contributed by atoms with Crippen LogP contribution >= 0.6 is 27.7 Å². The minimum absolute atomic E-state index is 0.0243. The van der Waals surface area contributed by atoms with E-state index in [1.54, 1.807) is 23.9 Å². The molecule has 0 amide bonds. The topological polar surface area (TPSA) is 84.9 Å². The summed E-state index contributed by atoms with van der Waals surface area (Å²) >= 11 is 5.06. The summed E-state index contributed by atoms with van der Waals surface area (Å²) in [6.45, 7) is 4.20. The van der Waals surface area contributed by atoms with Gasteiger partial charge in [-0.3, -0.25) is 4.79 Å². The maximum absolute atomic E-state index is 13.1. The maximum Gasteiger partial charge on any atom is 0.336 e. The number of esters is 1. The number of allylic oxidation sites excluding steroid dienone is 3. The summed E-state index contributed by atoms with van der Waals surface area (Å²) in [7, 11) is 1.46. The molecule has 1 aliphatic carbocycles. The molecule has 1 aromatic carbocycles. The molecule has 0 spiro atoms. The van der Waals surface area contributed by atoms with Crippen molar-refractivity contribution in [3.05, 3.63) is 44.7 Å². The van der Waals surface area contributed by atoms with Crippen molar-refractivity contribution in [2.75, 3.05) is 25.2 Å². The van der Waals surface area contributed by atoms with Crippen molar-refractivity contribution in [1.82, 2.24) is 5.32 Å². The molecule has 162 valence electrons. The third-order valence-electron chi connectivity index (χ3n) is 5.26. The van der Waals surface area contributed by atoms with Crippen LogP contribution in [0.25, 0.3) is 0 Å². The second-order valence-corrected chi connectivity index (χ2v) is 9.40. The smallest absolute Gasteiger partial charge is 0.336 e. The standard InChI is InChI=1S/C22H26BrNO5S/c1-4-30-9-8-29-22(27)18-12(2)24-15-6-5-7-16(25)20(15)19(18)13-10-14(23)21(26)17(11-13)28-3/h10-11,19,24,26H,4-9H2,1-3H3/t19-/m1/s1. The average Bonchev–Trinajstić information content (AvgIpc) is 2.72. The van der Waals surface area contributed by atoms with Gasteiger partial charge in [-0.05, 0) is 59.1 Å². The number of rotatable bonds is 7. The molecule has 8 heteroatoms. The molecule has 1 atom stereocenters. The molecule has 2 N–H and O–H groups in total. The second kappa shape index (κ2) is 9.92. The molecule has 1 aliphatic heterocycles. The first-order valence-electron chi connectivity index (χ1n) is 9.94. The zero-order valence-corrected chi connectivity index (χ0v) is 19.7. The normalized spacial score (nSPS) is 18.8. The van der Waals surface area contributed by atoms with Crippen LogP contribution in [0.2, 0.25) is 0 Å². The first-order valence-corrected chi connectivity index (χ1v) is 11.9. The number of benzene rings is 1. The van der Waals surface area contributed by atoms with Crippen molar-refractivity contribution in [3.63, 3.8) is 0 Å². The Morgan fingerprint density at radius 1 is 1.37 bits per heavy atom. The number of phenols is 1. The van der Waals surface area contributed by atoms with Gasteiger partial charge >= 0.3 is 5.97 Å². The van der Waals surface area contributed by atoms with E-state index in [1.807, 2.05) is 6.92 Å². The number of ether oxygens (including phenoxy) is 2. The highest BCUT2D eigenvalue weighted by molar-refractivity contribution is 9.10. The van der Waals surface area contributed by atoms with E-state index in [2.05, 4.69) is 28.2 Å². The molecule has 0 saturated heterocycles. The van der Waals surface area contributed by atoms with Crippen molar-refractivity contribution in [3.8, 4) is 11.5 Å². The summed E-state index contributed by atoms with van der Waals surface area (Å²) in [5, 5.41) is 13.5. The molecule has 0 bridgehead atoms. The summed E-state index contributed by atoms with van der Waals surface area (Å²) < 4.78 is 11.3. The zero-order valence-electron chi connectivity index (χ0n) is 17.3. The molecule has 2 aliphatic rings. The van der Waals surface area contributed by atoms with Gasteiger partial charge in [-0.2, -0.15) is 11.8 Å². The Bertz CT molecular complexity index is 924. The highest BCUT2D eigenvalue weighted by Crippen LogP contribution is 2.46. The predicted octanol–water partition coefficient (Wildman–Crippen LogP) is 4.43. The largest absolute Gasteiger partial charge is 0.503 e. The molecular weight excluding hydrogens is 470 g/mol. The Morgan fingerprint density at radius 3 is 2.83 bits per heavy atom. The number of carbonyl (C=O) groups is 2. The molecule has 3 rings (SSSR count). The Hall–Kier alpha value is -1.93. The first-order chi connectivity index (χ1) is 14.4. The highest BCUT2D eigenvalue weighted by atomic mass is 79.9. The summed E-state index contributed by atoms with van der Waals surface area (Å²) in [6, 6.07) is 3.41. The number of ketones is 1. The van der Waals surface area contributed by atoms with Crippen LogP contribution in [0.15, 0.2) is 39.1 Å². The Labute approximate surface area is 189 Å². The van der Waals surface area contributed by atoms with E-state index in [-0.39, 0.29) is 17.3 Å². The molecule has 0 aromatic heterocycles. The highest BCUT2D eigenvalue weighted by Gasteiger charge is 2.39. The third-order valence-corrected chi connectivity index (χ3v) is 6.73. The lowest BCUT2D eigenvalue weighted by Gasteiger charge is -2.34. The lowest BCUT2D eigenvalue weighted by Crippen LogP contribution is -2.34. The predicted molar refractivity (Wildman–Crippen MR) is 121 cm³/mol. The summed E-state index contributed by atoms with van der Waals surface area (Å²) in [6.07, 6.45) is 1.98. The number of phenolic OH excluding ortho intramolecular Hbond substituents is 1. The first kappa shape index (κ1) is 22.7. The van der Waals surface area contributed by atoms with Crippen LogP contribution in [0.3, 0.4) is 0 Å². The van der Waals surface area contributed by atoms with E-state index in [9.17, 15) is 14.7 Å². The van der Waals surface area contributed by atoms with Gasteiger partial charge in [0.15, 0.2) is 17.3 Å². The molecular formula is C22H26BrNO5S. The van der Waals surface area contributed by atoms with Crippen molar-refractivity contribution in [2.45, 2.75) is 39.0 Å². The van der Waals surface area contributed by atoms with Crippen molar-refractivity contribution >= 4 is 39.4 Å². The molecule has 0 saturated carbocycles. The minimum atomic E-state index is -0.578. The van der Waals surface area contributed by atoms with Gasteiger partial charge in [0.25, 0.3) is 0 Å². The summed E-state index contributed by atoms with van der Waals surface area (Å²) in [4.78, 5) is 26.0. The number of hydrogen-bond acceptors (Lipinski definition) is 7. The van der Waals surface area contributed by atoms with E-state index in [0.29, 0.717) is 39.9 Å². The van der Waals surface area contributed by atoms with E-state index in [4.69, 9.17) is 9.47 Å². The van der Waals surface area contributed by atoms with E-state index >= 15 is 0 Å². The van der Waals surface area contributed by atoms with Crippen LogP contribution in [0.1, 0.15) is 44.6 Å². The Morgan fingerprint density at radius 2 is 2.13 bits per heavy atom. The number of halogens is 1. The lowest BCUT2D eigenvalue weighted by atomic mass is 9.75. The van der Waals surface area contributed by atoms with Crippen LogP contribution in [0.4, 0.5) is 0 Å². The van der Waals surface area contributed by atoms with Crippen LogP contribution in [-0.2, 0) is 14.3 Å². The second-order valence-electron chi connectivity index (χ2n) is 7.15. The average molecular weight is 496 g/mol. The minimum Gasteiger partial charge on any atom is -0.503 e. The number of aromatic hydroxyl groups is 1. The van der Waals surface area contributed by atoms with E-state index < -0.39 is 11.9 Å². The van der Waals surface area contributed by atoms with E-state index in [0.717, 1.165) is 30.0 Å². The van der Waals surface area contributed by atoms with Crippen LogP contribution < -0.4 is 10.1 Å². The molecule has 1 aromatic rings. The monoisotopic (exact) mass is 495 g/mol. The number of Topliss-reactive ketones (excluding diaryl/α,β-unsaturated/α-hetero) is 1. The van der Waals surface area contributed by atoms with E-state index in [1.165, 1.54) is 7.11 Å². The van der Waals surface area contributed by atoms with Gasteiger partial charge in [0.1, 0.15) is 6.61 Å².